The van der Waals surface area contributed by atoms with Gasteiger partial charge < -0.3 is 0 Å². The Labute approximate surface area is 192 Å². The predicted molar refractivity (Wildman–Crippen MR) is 123 cm³/mol. The zero-order valence-electron chi connectivity index (χ0n) is 18.3. The van der Waals surface area contributed by atoms with Gasteiger partial charge in [-0.3, -0.25) is 0 Å². The fourth-order valence-electron chi connectivity index (χ4n) is 4.08. The number of halogens is 1. The first-order chi connectivity index (χ1) is 15.1. The molecule has 0 spiro atoms. The molecule has 0 radical (unpaired) electrons. The van der Waals surface area contributed by atoms with Crippen LogP contribution in [0.5, 0.6) is 0 Å². The molecule has 0 unspecified atom stereocenters. The highest BCUT2D eigenvalue weighted by Gasteiger charge is 2.43. The summed E-state index contributed by atoms with van der Waals surface area (Å²) in [5.74, 6) is 0. The number of hydrogen-bond acceptors (Lipinski definition) is 4. The maximum atomic E-state index is 8.49. The standard InChI is InChI=1S/C26H26P.ClHO4/c1-27(2,3)26-24(21-15-9-5-10-16-21)19-23(20-13-7-4-8-14-20)25(26)22-17-11-6-12-18-22;2-1(3,4)5/h4-19,26H,1-3H3;(H,2,3,4,5)/q+1;/p-1/t26-;/m0./s1. The van der Waals surface area contributed by atoms with Crippen molar-refractivity contribution < 1.29 is 28.9 Å². The smallest absolute Gasteiger partial charge is 0.120 e. The van der Waals surface area contributed by atoms with Crippen LogP contribution in [-0.2, 0) is 0 Å². The van der Waals surface area contributed by atoms with Crippen molar-refractivity contribution in [1.29, 1.82) is 0 Å². The minimum atomic E-state index is -4.94. The zero-order valence-corrected chi connectivity index (χ0v) is 19.9. The fourth-order valence-corrected chi connectivity index (χ4v) is 6.20. The van der Waals surface area contributed by atoms with E-state index in [1.165, 1.54) is 33.4 Å². The Hall–Kier alpha value is -2.30. The molecule has 32 heavy (non-hydrogen) atoms. The minimum Gasteiger partial charge on any atom is -0.222 e. The molecule has 0 fully saturated rings. The normalized spacial score (nSPS) is 16.3. The van der Waals surface area contributed by atoms with Crippen LogP contribution >= 0.6 is 7.26 Å². The van der Waals surface area contributed by atoms with E-state index >= 15 is 0 Å². The van der Waals surface area contributed by atoms with Crippen LogP contribution in [0.2, 0.25) is 0 Å². The molecule has 4 rings (SSSR count). The van der Waals surface area contributed by atoms with E-state index in [-0.39, 0.29) is 0 Å². The number of benzene rings is 3. The number of allylic oxidation sites excluding steroid dienone is 4. The van der Waals surface area contributed by atoms with Crippen LogP contribution in [0.1, 0.15) is 16.7 Å². The summed E-state index contributed by atoms with van der Waals surface area (Å²) in [6.45, 7) is 7.39. The van der Waals surface area contributed by atoms with Gasteiger partial charge in [0.1, 0.15) is 5.66 Å². The average molecular weight is 469 g/mol. The SMILES string of the molecule is C[P+](C)(C)[C@H]1C(c2ccccc2)=CC(c2ccccc2)=C1c1ccccc1.[O-][Cl+3]([O-])([O-])[O-]. The topological polar surface area (TPSA) is 92.2 Å². The van der Waals surface area contributed by atoms with Crippen LogP contribution in [-0.4, -0.2) is 25.7 Å². The van der Waals surface area contributed by atoms with E-state index in [9.17, 15) is 0 Å². The summed E-state index contributed by atoms with van der Waals surface area (Å²) >= 11 is 0. The monoisotopic (exact) mass is 468 g/mol. The summed E-state index contributed by atoms with van der Waals surface area (Å²) in [4.78, 5) is 0. The van der Waals surface area contributed by atoms with Crippen molar-refractivity contribution in [3.05, 3.63) is 114 Å². The molecule has 4 nitrogen and oxygen atoms in total. The van der Waals surface area contributed by atoms with Gasteiger partial charge in [0.05, 0.1) is 0 Å². The van der Waals surface area contributed by atoms with Crippen LogP contribution in [0, 0.1) is 10.2 Å². The molecule has 1 aliphatic rings. The molecule has 166 valence electrons. The Morgan fingerprint density at radius 2 is 0.969 bits per heavy atom. The minimum absolute atomic E-state index is 0.456. The van der Waals surface area contributed by atoms with Gasteiger partial charge in [-0.05, 0) is 28.3 Å². The molecule has 0 saturated carbocycles. The van der Waals surface area contributed by atoms with Crippen molar-refractivity contribution >= 4 is 24.0 Å². The summed E-state index contributed by atoms with van der Waals surface area (Å²) in [5.41, 5.74) is 8.78. The van der Waals surface area contributed by atoms with E-state index in [1.807, 2.05) is 0 Å². The Morgan fingerprint density at radius 3 is 1.38 bits per heavy atom. The first-order valence-electron chi connectivity index (χ1n) is 10.1. The van der Waals surface area contributed by atoms with Crippen LogP contribution in [0.3, 0.4) is 0 Å². The maximum absolute atomic E-state index is 8.49. The molecule has 3 aromatic rings. The van der Waals surface area contributed by atoms with Crippen molar-refractivity contribution in [2.45, 2.75) is 5.66 Å². The zero-order chi connectivity index (χ0) is 23.4. The lowest BCUT2D eigenvalue weighted by Crippen LogP contribution is -2.68. The summed E-state index contributed by atoms with van der Waals surface area (Å²) in [7, 11) is -6.13. The van der Waals surface area contributed by atoms with E-state index in [2.05, 4.69) is 117 Å². The first-order valence-corrected chi connectivity index (χ1v) is 14.5. The first kappa shape index (κ1) is 24.3. The summed E-state index contributed by atoms with van der Waals surface area (Å²) in [6, 6.07) is 32.7. The number of hydrogen-bond donors (Lipinski definition) is 0. The Bertz CT molecular complexity index is 1080. The second kappa shape index (κ2) is 10.1. The van der Waals surface area contributed by atoms with Gasteiger partial charge in [0.25, 0.3) is 0 Å². The molecule has 3 aromatic carbocycles. The van der Waals surface area contributed by atoms with Crippen LogP contribution in [0.4, 0.5) is 0 Å². The molecule has 1 aliphatic carbocycles. The van der Waals surface area contributed by atoms with Crippen LogP contribution in [0.25, 0.3) is 16.7 Å². The molecule has 0 saturated heterocycles. The van der Waals surface area contributed by atoms with E-state index in [0.717, 1.165) is 0 Å². The van der Waals surface area contributed by atoms with Gasteiger partial charge in [-0.2, -0.15) is 0 Å². The molecular formula is C26H26ClO4P. The van der Waals surface area contributed by atoms with Gasteiger partial charge in [-0.15, -0.1) is 10.2 Å². The lowest BCUT2D eigenvalue weighted by atomic mass is 9.95. The molecule has 0 amide bonds. The highest BCUT2D eigenvalue weighted by Crippen LogP contribution is 2.64. The summed E-state index contributed by atoms with van der Waals surface area (Å²) in [5, 5.41) is 0. The molecule has 1 atom stereocenters. The van der Waals surface area contributed by atoms with E-state index in [1.54, 1.807) is 0 Å². The summed E-state index contributed by atoms with van der Waals surface area (Å²) < 4.78 is 34.0. The summed E-state index contributed by atoms with van der Waals surface area (Å²) in [6.07, 6.45) is 2.45. The van der Waals surface area contributed by atoms with Gasteiger partial charge in [-0.1, -0.05) is 91.0 Å². The molecule has 0 aliphatic heterocycles. The Balaban J connectivity index is 0.000000523. The Morgan fingerprint density at radius 1 is 0.594 bits per heavy atom. The van der Waals surface area contributed by atoms with Gasteiger partial charge in [-0.25, -0.2) is 18.6 Å². The fraction of sp³-hybridized carbons (Fsp3) is 0.154. The Kier molecular flexibility index (Phi) is 7.68. The predicted octanol–water partition coefficient (Wildman–Crippen LogP) is 2.21. The highest BCUT2D eigenvalue weighted by molar-refractivity contribution is 7.75. The largest absolute Gasteiger partial charge is 0.222 e. The van der Waals surface area contributed by atoms with E-state index < -0.39 is 17.5 Å². The molecule has 0 bridgehead atoms. The molecular weight excluding hydrogens is 443 g/mol. The van der Waals surface area contributed by atoms with Crippen molar-refractivity contribution in [2.75, 3.05) is 20.0 Å². The molecule has 0 N–H and O–H groups in total. The van der Waals surface area contributed by atoms with Crippen LogP contribution < -0.4 is 18.6 Å². The van der Waals surface area contributed by atoms with Crippen molar-refractivity contribution in [1.82, 2.24) is 0 Å². The van der Waals surface area contributed by atoms with E-state index in [0.29, 0.717) is 5.66 Å². The quantitative estimate of drug-likeness (QED) is 0.549. The van der Waals surface area contributed by atoms with Gasteiger partial charge >= 0.3 is 0 Å². The van der Waals surface area contributed by atoms with Crippen molar-refractivity contribution in [2.24, 2.45) is 0 Å². The molecule has 0 aromatic heterocycles. The van der Waals surface area contributed by atoms with Crippen molar-refractivity contribution in [3.8, 4) is 0 Å². The molecule has 6 heteroatoms. The molecule has 0 heterocycles. The third kappa shape index (κ3) is 6.36. The van der Waals surface area contributed by atoms with Gasteiger partial charge in [0.15, 0.2) is 0 Å². The second-order valence-corrected chi connectivity index (χ2v) is 13.9. The number of rotatable bonds is 4. The highest BCUT2D eigenvalue weighted by atomic mass is 35.7. The third-order valence-corrected chi connectivity index (χ3v) is 7.29. The second-order valence-electron chi connectivity index (χ2n) is 8.42. The van der Waals surface area contributed by atoms with Crippen LogP contribution in [0.15, 0.2) is 97.1 Å². The average Bonchev–Trinajstić information content (AvgIpc) is 3.16. The lowest BCUT2D eigenvalue weighted by Gasteiger charge is -2.27. The van der Waals surface area contributed by atoms with Gasteiger partial charge in [0, 0.05) is 38.4 Å². The van der Waals surface area contributed by atoms with Gasteiger partial charge in [0.2, 0.25) is 0 Å². The lowest BCUT2D eigenvalue weighted by molar-refractivity contribution is -2.00. The maximum Gasteiger partial charge on any atom is 0.120 e. The van der Waals surface area contributed by atoms with Crippen molar-refractivity contribution in [3.63, 3.8) is 0 Å². The third-order valence-electron chi connectivity index (χ3n) is 5.21. The van der Waals surface area contributed by atoms with E-state index in [4.69, 9.17) is 18.6 Å².